The first-order chi connectivity index (χ1) is 15.1. The Balaban J connectivity index is 1.82. The predicted molar refractivity (Wildman–Crippen MR) is 118 cm³/mol. The topological polar surface area (TPSA) is 113 Å². The van der Waals surface area contributed by atoms with E-state index in [0.29, 0.717) is 0 Å². The monoisotopic (exact) mass is 476 g/mol. The number of hydrogen-bond donors (Lipinski definition) is 3. The molecule has 3 rings (SSSR count). The molecule has 0 saturated carbocycles. The van der Waals surface area contributed by atoms with E-state index in [2.05, 4.69) is 10.6 Å². The van der Waals surface area contributed by atoms with E-state index < -0.39 is 43.4 Å². The van der Waals surface area contributed by atoms with Crippen molar-refractivity contribution >= 4 is 37.2 Å². The van der Waals surface area contributed by atoms with Gasteiger partial charge in [0.2, 0.25) is 5.91 Å². The number of halogens is 2. The minimum absolute atomic E-state index is 0.102. The minimum atomic E-state index is -4.16. The summed E-state index contributed by atoms with van der Waals surface area (Å²) in [6.45, 7) is 0. The largest absolute Gasteiger partial charge is 0.506 e. The number of hydrogen-bond acceptors (Lipinski definition) is 5. The summed E-state index contributed by atoms with van der Waals surface area (Å²) < 4.78 is 36.0. The number of phenols is 1. The number of carbonyl (C=O) groups excluding carboxylic acids is 2. The van der Waals surface area contributed by atoms with Crippen LogP contribution in [0.1, 0.15) is 15.9 Å². The number of carbonyl (C=O) groups is 2. The van der Waals surface area contributed by atoms with Crippen LogP contribution < -0.4 is 10.6 Å². The Labute approximate surface area is 188 Å². The van der Waals surface area contributed by atoms with Crippen molar-refractivity contribution in [3.05, 3.63) is 89.7 Å². The maximum Gasteiger partial charge on any atom is 0.264 e. The van der Waals surface area contributed by atoms with E-state index in [1.807, 2.05) is 6.07 Å². The van der Waals surface area contributed by atoms with Crippen molar-refractivity contribution in [1.29, 1.82) is 0 Å². The number of rotatable bonds is 7. The van der Waals surface area contributed by atoms with Gasteiger partial charge in [0.1, 0.15) is 22.5 Å². The average molecular weight is 477 g/mol. The molecule has 10 heteroatoms. The smallest absolute Gasteiger partial charge is 0.264 e. The first kappa shape index (κ1) is 23.2. The fourth-order valence-electron chi connectivity index (χ4n) is 2.93. The quantitative estimate of drug-likeness (QED) is 0.452. The van der Waals surface area contributed by atoms with Gasteiger partial charge in [-0.25, -0.2) is 12.8 Å². The summed E-state index contributed by atoms with van der Waals surface area (Å²) in [7, 11) is 1.08. The molecular formula is C22H18ClFN2O5S. The molecule has 166 valence electrons. The fraction of sp³-hybridized carbons (Fsp3) is 0.0909. The van der Waals surface area contributed by atoms with Crippen LogP contribution in [0, 0.1) is 5.82 Å². The summed E-state index contributed by atoms with van der Waals surface area (Å²) in [4.78, 5) is 25.0. The van der Waals surface area contributed by atoms with Crippen LogP contribution in [-0.4, -0.2) is 31.4 Å². The SMILES string of the molecule is O=C(N[C@@H](Cc1ccccc1)C(=O)Nc1ccc(S(=O)(=O)Cl)c(O)c1)c1ccc(F)cc1. The predicted octanol–water partition coefficient (Wildman–Crippen LogP) is 3.44. The van der Waals surface area contributed by atoms with Crippen LogP contribution in [-0.2, 0) is 20.3 Å². The Morgan fingerprint density at radius 2 is 1.66 bits per heavy atom. The number of amides is 2. The Hall–Kier alpha value is -3.43. The molecule has 0 saturated heterocycles. The maximum absolute atomic E-state index is 13.1. The highest BCUT2D eigenvalue weighted by atomic mass is 35.7. The van der Waals surface area contributed by atoms with Gasteiger partial charge in [-0.2, -0.15) is 0 Å². The average Bonchev–Trinajstić information content (AvgIpc) is 2.73. The lowest BCUT2D eigenvalue weighted by molar-refractivity contribution is -0.118. The lowest BCUT2D eigenvalue weighted by atomic mass is 10.0. The summed E-state index contributed by atoms with van der Waals surface area (Å²) in [5.41, 5.74) is 1.05. The zero-order chi connectivity index (χ0) is 23.3. The maximum atomic E-state index is 13.1. The van der Waals surface area contributed by atoms with Crippen molar-refractivity contribution in [1.82, 2.24) is 5.32 Å². The summed E-state index contributed by atoms with van der Waals surface area (Å²) in [6.07, 6.45) is 0.153. The normalized spacial score (nSPS) is 12.1. The Morgan fingerprint density at radius 3 is 2.25 bits per heavy atom. The first-order valence-electron chi connectivity index (χ1n) is 9.32. The molecule has 7 nitrogen and oxygen atoms in total. The van der Waals surface area contributed by atoms with E-state index in [4.69, 9.17) is 10.7 Å². The van der Waals surface area contributed by atoms with E-state index in [1.165, 1.54) is 18.2 Å². The summed E-state index contributed by atoms with van der Waals surface area (Å²) in [5.74, 6) is -2.31. The highest BCUT2D eigenvalue weighted by Gasteiger charge is 2.23. The van der Waals surface area contributed by atoms with Crippen LogP contribution in [0.15, 0.2) is 77.7 Å². The third-order valence-corrected chi connectivity index (χ3v) is 5.87. The molecule has 0 heterocycles. The fourth-order valence-corrected chi connectivity index (χ4v) is 3.86. The zero-order valence-corrected chi connectivity index (χ0v) is 18.0. The van der Waals surface area contributed by atoms with Crippen LogP contribution in [0.2, 0.25) is 0 Å². The van der Waals surface area contributed by atoms with E-state index in [1.54, 1.807) is 24.3 Å². The van der Waals surface area contributed by atoms with Gasteiger partial charge in [-0.1, -0.05) is 30.3 Å². The summed E-state index contributed by atoms with van der Waals surface area (Å²) in [5, 5.41) is 15.1. The number of anilines is 1. The molecule has 0 unspecified atom stereocenters. The third kappa shape index (κ3) is 6.05. The first-order valence-corrected chi connectivity index (χ1v) is 11.6. The van der Waals surface area contributed by atoms with Crippen LogP contribution in [0.25, 0.3) is 0 Å². The lowest BCUT2D eigenvalue weighted by Crippen LogP contribution is -2.45. The second kappa shape index (κ2) is 9.80. The Morgan fingerprint density at radius 1 is 1.00 bits per heavy atom. The van der Waals surface area contributed by atoms with Gasteiger partial charge in [-0.05, 0) is 42.0 Å². The lowest BCUT2D eigenvalue weighted by Gasteiger charge is -2.19. The highest BCUT2D eigenvalue weighted by molar-refractivity contribution is 8.13. The van der Waals surface area contributed by atoms with Gasteiger partial charge >= 0.3 is 0 Å². The molecule has 0 aliphatic heterocycles. The number of aromatic hydroxyl groups is 1. The van der Waals surface area contributed by atoms with Crippen LogP contribution in [0.3, 0.4) is 0 Å². The molecular weight excluding hydrogens is 459 g/mol. The van der Waals surface area contributed by atoms with Gasteiger partial charge in [0.05, 0.1) is 0 Å². The summed E-state index contributed by atoms with van der Waals surface area (Å²) >= 11 is 0. The molecule has 32 heavy (non-hydrogen) atoms. The van der Waals surface area contributed by atoms with Gasteiger partial charge in [0, 0.05) is 34.4 Å². The standard InChI is InChI=1S/C22H18ClFN2O5S/c23-32(30,31)20-11-10-17(13-19(20)27)25-22(29)18(12-14-4-2-1-3-5-14)26-21(28)15-6-8-16(24)9-7-15/h1-11,13,18,27H,12H2,(H,25,29)(H,26,28)/t18-/m0/s1. The number of phenolic OH excluding ortho intramolecular Hbond substituents is 1. The van der Waals surface area contributed by atoms with Gasteiger partial charge in [-0.3, -0.25) is 9.59 Å². The molecule has 1 atom stereocenters. The Bertz CT molecular complexity index is 1230. The van der Waals surface area contributed by atoms with E-state index in [-0.39, 0.29) is 17.7 Å². The molecule has 0 fully saturated rings. The van der Waals surface area contributed by atoms with Gasteiger partial charge in [0.15, 0.2) is 0 Å². The molecule has 0 aromatic heterocycles. The molecule has 2 amide bonds. The van der Waals surface area contributed by atoms with Gasteiger partial charge in [-0.15, -0.1) is 0 Å². The van der Waals surface area contributed by atoms with Crippen molar-refractivity contribution in [3.63, 3.8) is 0 Å². The van der Waals surface area contributed by atoms with Crippen molar-refractivity contribution < 1.29 is 27.5 Å². The second-order valence-corrected chi connectivity index (χ2v) is 9.37. The van der Waals surface area contributed by atoms with Gasteiger partial charge < -0.3 is 15.7 Å². The second-order valence-electron chi connectivity index (χ2n) is 6.83. The van der Waals surface area contributed by atoms with Crippen molar-refractivity contribution in [2.75, 3.05) is 5.32 Å². The molecule has 0 spiro atoms. The molecule has 3 N–H and O–H groups in total. The zero-order valence-electron chi connectivity index (χ0n) is 16.5. The molecule has 0 aliphatic carbocycles. The molecule has 0 bridgehead atoms. The van der Waals surface area contributed by atoms with Crippen LogP contribution in [0.4, 0.5) is 10.1 Å². The van der Waals surface area contributed by atoms with Crippen molar-refractivity contribution in [3.8, 4) is 5.75 Å². The highest BCUT2D eigenvalue weighted by Crippen LogP contribution is 2.28. The molecule has 0 radical (unpaired) electrons. The van der Waals surface area contributed by atoms with E-state index in [0.717, 1.165) is 29.8 Å². The minimum Gasteiger partial charge on any atom is -0.506 e. The van der Waals surface area contributed by atoms with E-state index in [9.17, 15) is 27.5 Å². The molecule has 3 aromatic rings. The molecule has 0 aliphatic rings. The number of nitrogens with one attached hydrogen (secondary N) is 2. The summed E-state index contributed by atoms with van der Waals surface area (Å²) in [6, 6.07) is 16.2. The van der Waals surface area contributed by atoms with Crippen LogP contribution >= 0.6 is 10.7 Å². The van der Waals surface area contributed by atoms with Gasteiger partial charge in [0.25, 0.3) is 15.0 Å². The van der Waals surface area contributed by atoms with Crippen molar-refractivity contribution in [2.45, 2.75) is 17.4 Å². The van der Waals surface area contributed by atoms with Crippen molar-refractivity contribution in [2.24, 2.45) is 0 Å². The number of benzene rings is 3. The van der Waals surface area contributed by atoms with Crippen LogP contribution in [0.5, 0.6) is 5.75 Å². The molecule has 3 aromatic carbocycles. The third-order valence-electron chi connectivity index (χ3n) is 4.50. The Kier molecular flexibility index (Phi) is 7.12. The van der Waals surface area contributed by atoms with E-state index >= 15 is 0 Å².